The first-order valence-corrected chi connectivity index (χ1v) is 7.43. The average Bonchev–Trinajstić information content (AvgIpc) is 2.54. The molecular formula is C18H16F3NO3. The number of hydrogen-bond acceptors (Lipinski definition) is 3. The van der Waals surface area contributed by atoms with Crippen LogP contribution in [0.5, 0.6) is 0 Å². The molecule has 0 heterocycles. The molecule has 0 aliphatic carbocycles. The van der Waals surface area contributed by atoms with Crippen LogP contribution in [0.1, 0.15) is 28.4 Å². The SMILES string of the molecule is Cc1cccc(C(=O)O[C@H](C)C(=O)Nc2ccccc2C(F)(F)F)c1. The van der Waals surface area contributed by atoms with Crippen LogP contribution in [0.2, 0.25) is 0 Å². The molecule has 0 spiro atoms. The van der Waals surface area contributed by atoms with Crippen molar-refractivity contribution in [1.82, 2.24) is 0 Å². The predicted octanol–water partition coefficient (Wildman–Crippen LogP) is 4.20. The third-order valence-electron chi connectivity index (χ3n) is 3.40. The third kappa shape index (κ3) is 4.82. The number of esters is 1. The molecule has 2 aromatic rings. The number of halogens is 3. The number of aryl methyl sites for hydroxylation is 1. The summed E-state index contributed by atoms with van der Waals surface area (Å²) in [6, 6.07) is 11.2. The number of ether oxygens (including phenoxy) is 1. The molecule has 25 heavy (non-hydrogen) atoms. The molecular weight excluding hydrogens is 335 g/mol. The first kappa shape index (κ1) is 18.5. The van der Waals surface area contributed by atoms with Crippen molar-refractivity contribution in [3.05, 3.63) is 65.2 Å². The molecule has 7 heteroatoms. The van der Waals surface area contributed by atoms with Gasteiger partial charge in [0.1, 0.15) is 0 Å². The fraction of sp³-hybridized carbons (Fsp3) is 0.222. The molecule has 2 aromatic carbocycles. The van der Waals surface area contributed by atoms with E-state index in [1.165, 1.54) is 25.1 Å². The van der Waals surface area contributed by atoms with E-state index in [1.807, 2.05) is 0 Å². The van der Waals surface area contributed by atoms with Gasteiger partial charge in [-0.15, -0.1) is 0 Å². The van der Waals surface area contributed by atoms with Crippen molar-refractivity contribution < 1.29 is 27.5 Å². The van der Waals surface area contributed by atoms with Gasteiger partial charge in [-0.25, -0.2) is 4.79 Å². The van der Waals surface area contributed by atoms with Crippen molar-refractivity contribution in [1.29, 1.82) is 0 Å². The van der Waals surface area contributed by atoms with E-state index in [2.05, 4.69) is 5.32 Å². The smallest absolute Gasteiger partial charge is 0.418 e. The zero-order chi connectivity index (χ0) is 18.6. The number of hydrogen-bond donors (Lipinski definition) is 1. The standard InChI is InChI=1S/C18H16F3NO3/c1-11-6-5-7-13(10-11)17(24)25-12(2)16(23)22-15-9-4-3-8-14(15)18(19,20)21/h3-10,12H,1-2H3,(H,22,23)/t12-/m1/s1. The van der Waals surface area contributed by atoms with Gasteiger partial charge in [0.15, 0.2) is 6.10 Å². The van der Waals surface area contributed by atoms with Crippen LogP contribution in [0.25, 0.3) is 0 Å². The Labute approximate surface area is 142 Å². The molecule has 0 aliphatic heterocycles. The summed E-state index contributed by atoms with van der Waals surface area (Å²) in [6.07, 6.45) is -5.86. The Hall–Kier alpha value is -2.83. The van der Waals surface area contributed by atoms with Gasteiger partial charge >= 0.3 is 12.1 Å². The lowest BCUT2D eigenvalue weighted by Gasteiger charge is -2.17. The van der Waals surface area contributed by atoms with Crippen molar-refractivity contribution in [3.8, 4) is 0 Å². The zero-order valence-electron chi connectivity index (χ0n) is 13.6. The van der Waals surface area contributed by atoms with Crippen LogP contribution in [-0.2, 0) is 15.7 Å². The molecule has 2 rings (SSSR count). The van der Waals surface area contributed by atoms with Gasteiger partial charge in [-0.2, -0.15) is 13.2 Å². The van der Waals surface area contributed by atoms with Crippen molar-refractivity contribution in [2.75, 3.05) is 5.32 Å². The summed E-state index contributed by atoms with van der Waals surface area (Å²) in [4.78, 5) is 24.1. The van der Waals surface area contributed by atoms with Crippen molar-refractivity contribution in [2.24, 2.45) is 0 Å². The molecule has 0 unspecified atom stereocenters. The monoisotopic (exact) mass is 351 g/mol. The van der Waals surface area contributed by atoms with Gasteiger partial charge in [0.05, 0.1) is 16.8 Å². The Morgan fingerprint density at radius 3 is 2.40 bits per heavy atom. The first-order valence-electron chi connectivity index (χ1n) is 7.43. The quantitative estimate of drug-likeness (QED) is 0.840. The number of alkyl halides is 3. The topological polar surface area (TPSA) is 55.4 Å². The van der Waals surface area contributed by atoms with Crippen LogP contribution in [0.15, 0.2) is 48.5 Å². The second-order valence-electron chi connectivity index (χ2n) is 5.45. The van der Waals surface area contributed by atoms with Gasteiger partial charge in [-0.05, 0) is 38.1 Å². The number of carbonyl (C=O) groups excluding carboxylic acids is 2. The maximum Gasteiger partial charge on any atom is 0.418 e. The average molecular weight is 351 g/mol. The summed E-state index contributed by atoms with van der Waals surface area (Å²) >= 11 is 0. The van der Waals surface area contributed by atoms with E-state index in [9.17, 15) is 22.8 Å². The van der Waals surface area contributed by atoms with Crippen molar-refractivity contribution in [2.45, 2.75) is 26.1 Å². The fourth-order valence-electron chi connectivity index (χ4n) is 2.13. The molecule has 1 atom stereocenters. The van der Waals surface area contributed by atoms with E-state index < -0.39 is 35.4 Å². The summed E-state index contributed by atoms with van der Waals surface area (Å²) < 4.78 is 43.8. The Bertz CT molecular complexity index is 787. The molecule has 0 saturated heterocycles. The summed E-state index contributed by atoms with van der Waals surface area (Å²) in [5.41, 5.74) is -0.264. The summed E-state index contributed by atoms with van der Waals surface area (Å²) in [6.45, 7) is 3.08. The predicted molar refractivity (Wildman–Crippen MR) is 86.1 cm³/mol. The van der Waals surface area contributed by atoms with E-state index >= 15 is 0 Å². The van der Waals surface area contributed by atoms with Gasteiger partial charge in [0.25, 0.3) is 5.91 Å². The number of benzene rings is 2. The van der Waals surface area contributed by atoms with Gasteiger partial charge in [-0.1, -0.05) is 29.8 Å². The van der Waals surface area contributed by atoms with Gasteiger partial charge in [0.2, 0.25) is 0 Å². The molecule has 0 fully saturated rings. The molecule has 0 saturated carbocycles. The molecule has 0 radical (unpaired) electrons. The minimum Gasteiger partial charge on any atom is -0.449 e. The third-order valence-corrected chi connectivity index (χ3v) is 3.40. The minimum absolute atomic E-state index is 0.260. The number of nitrogens with one attached hydrogen (secondary N) is 1. The molecule has 0 aliphatic rings. The Kier molecular flexibility index (Phi) is 5.46. The van der Waals surface area contributed by atoms with E-state index in [0.717, 1.165) is 17.7 Å². The molecule has 1 N–H and O–H groups in total. The van der Waals surface area contributed by atoms with E-state index in [0.29, 0.717) is 0 Å². The number of carbonyl (C=O) groups is 2. The van der Waals surface area contributed by atoms with Gasteiger partial charge < -0.3 is 10.1 Å². The van der Waals surface area contributed by atoms with Crippen LogP contribution in [0.3, 0.4) is 0 Å². The summed E-state index contributed by atoms with van der Waals surface area (Å²) in [5, 5.41) is 2.15. The highest BCUT2D eigenvalue weighted by Crippen LogP contribution is 2.34. The first-order chi connectivity index (χ1) is 11.7. The van der Waals surface area contributed by atoms with Gasteiger partial charge in [-0.3, -0.25) is 4.79 Å². The lowest BCUT2D eigenvalue weighted by molar-refractivity contribution is -0.137. The normalized spacial score (nSPS) is 12.4. The summed E-state index contributed by atoms with van der Waals surface area (Å²) in [7, 11) is 0. The van der Waals surface area contributed by atoms with Gasteiger partial charge in [0, 0.05) is 0 Å². The highest BCUT2D eigenvalue weighted by molar-refractivity contribution is 5.97. The lowest BCUT2D eigenvalue weighted by atomic mass is 10.1. The number of anilines is 1. The second-order valence-corrected chi connectivity index (χ2v) is 5.45. The van der Waals surface area contributed by atoms with Crippen molar-refractivity contribution in [3.63, 3.8) is 0 Å². The van der Waals surface area contributed by atoms with Crippen LogP contribution in [-0.4, -0.2) is 18.0 Å². The van der Waals surface area contributed by atoms with E-state index in [1.54, 1.807) is 25.1 Å². The molecule has 132 valence electrons. The molecule has 1 amide bonds. The maximum absolute atomic E-state index is 12.9. The Balaban J connectivity index is 2.08. The van der Waals surface area contributed by atoms with Crippen LogP contribution in [0.4, 0.5) is 18.9 Å². The highest BCUT2D eigenvalue weighted by Gasteiger charge is 2.34. The molecule has 0 bridgehead atoms. The van der Waals surface area contributed by atoms with Crippen LogP contribution < -0.4 is 5.32 Å². The van der Waals surface area contributed by atoms with Crippen LogP contribution >= 0.6 is 0 Å². The lowest BCUT2D eigenvalue weighted by Crippen LogP contribution is -2.30. The fourth-order valence-corrected chi connectivity index (χ4v) is 2.13. The highest BCUT2D eigenvalue weighted by atomic mass is 19.4. The Morgan fingerprint density at radius 2 is 1.76 bits per heavy atom. The molecule has 4 nitrogen and oxygen atoms in total. The van der Waals surface area contributed by atoms with E-state index in [-0.39, 0.29) is 5.56 Å². The van der Waals surface area contributed by atoms with Crippen molar-refractivity contribution >= 4 is 17.6 Å². The largest absolute Gasteiger partial charge is 0.449 e. The number of para-hydroxylation sites is 1. The number of rotatable bonds is 4. The van der Waals surface area contributed by atoms with E-state index in [4.69, 9.17) is 4.74 Å². The Morgan fingerprint density at radius 1 is 1.08 bits per heavy atom. The second kappa shape index (κ2) is 7.38. The number of amides is 1. The van der Waals surface area contributed by atoms with Crippen LogP contribution in [0, 0.1) is 6.92 Å². The zero-order valence-corrected chi connectivity index (χ0v) is 13.6. The molecule has 0 aromatic heterocycles. The summed E-state index contributed by atoms with van der Waals surface area (Å²) in [5.74, 6) is -1.58. The minimum atomic E-state index is -4.61. The maximum atomic E-state index is 12.9.